The molecule has 0 aliphatic carbocycles. The third kappa shape index (κ3) is 2.27. The fourth-order valence-corrected chi connectivity index (χ4v) is 2.84. The van der Waals surface area contributed by atoms with Crippen molar-refractivity contribution in [3.8, 4) is 22.4 Å². The molecule has 0 fully saturated rings. The van der Waals surface area contributed by atoms with E-state index >= 15 is 0 Å². The lowest BCUT2D eigenvalue weighted by atomic mass is 9.99. The highest BCUT2D eigenvalue weighted by Gasteiger charge is 2.06. The lowest BCUT2D eigenvalue weighted by molar-refractivity contribution is 1.33. The van der Waals surface area contributed by atoms with Gasteiger partial charge in [0, 0.05) is 11.8 Å². The second-order valence-corrected chi connectivity index (χ2v) is 5.32. The van der Waals surface area contributed by atoms with Crippen LogP contribution < -0.4 is 0 Å². The molecule has 0 saturated heterocycles. The van der Waals surface area contributed by atoms with Crippen molar-refractivity contribution in [3.63, 3.8) is 0 Å². The molecule has 4 rings (SSSR count). The molecular formula is C21H15N. The number of aromatic nitrogens is 1. The van der Waals surface area contributed by atoms with Crippen LogP contribution in [-0.2, 0) is 0 Å². The van der Waals surface area contributed by atoms with Crippen molar-refractivity contribution in [2.24, 2.45) is 0 Å². The Morgan fingerprint density at radius 2 is 1.36 bits per heavy atom. The van der Waals surface area contributed by atoms with Crippen LogP contribution in [0, 0.1) is 0 Å². The third-order valence-electron chi connectivity index (χ3n) is 3.93. The molecule has 0 unspecified atom stereocenters. The van der Waals surface area contributed by atoms with Crippen LogP contribution in [0.4, 0.5) is 0 Å². The Morgan fingerprint density at radius 1 is 0.591 bits per heavy atom. The van der Waals surface area contributed by atoms with Gasteiger partial charge in [-0.1, -0.05) is 72.8 Å². The molecule has 0 atom stereocenters. The third-order valence-corrected chi connectivity index (χ3v) is 3.93. The first-order valence-corrected chi connectivity index (χ1v) is 7.41. The minimum atomic E-state index is 1.01. The van der Waals surface area contributed by atoms with Gasteiger partial charge in [-0.25, -0.2) is 0 Å². The summed E-state index contributed by atoms with van der Waals surface area (Å²) in [6.07, 6.45) is 1.89. The molecule has 1 heterocycles. The van der Waals surface area contributed by atoms with Crippen molar-refractivity contribution in [2.45, 2.75) is 0 Å². The van der Waals surface area contributed by atoms with Crippen LogP contribution in [0.5, 0.6) is 0 Å². The average Bonchev–Trinajstić information content (AvgIpc) is 2.62. The Morgan fingerprint density at radius 3 is 2.27 bits per heavy atom. The molecule has 22 heavy (non-hydrogen) atoms. The maximum atomic E-state index is 4.59. The van der Waals surface area contributed by atoms with Crippen molar-refractivity contribution in [1.82, 2.24) is 4.98 Å². The Hall–Kier alpha value is -2.93. The SMILES string of the molecule is c1ccc(-c2ccnc(-c3cccc4ccccc34)c2)cc1. The highest BCUT2D eigenvalue weighted by Crippen LogP contribution is 2.29. The highest BCUT2D eigenvalue weighted by atomic mass is 14.7. The zero-order valence-electron chi connectivity index (χ0n) is 12.1. The van der Waals surface area contributed by atoms with E-state index in [0.717, 1.165) is 5.69 Å². The molecule has 0 amide bonds. The molecule has 1 aromatic heterocycles. The van der Waals surface area contributed by atoms with Gasteiger partial charge in [0.25, 0.3) is 0 Å². The van der Waals surface area contributed by atoms with Crippen molar-refractivity contribution < 1.29 is 0 Å². The first-order chi connectivity index (χ1) is 10.9. The maximum absolute atomic E-state index is 4.59. The van der Waals surface area contributed by atoms with Gasteiger partial charge in [0.15, 0.2) is 0 Å². The van der Waals surface area contributed by atoms with Crippen LogP contribution in [0.1, 0.15) is 0 Å². The Bertz CT molecular complexity index is 921. The second-order valence-electron chi connectivity index (χ2n) is 5.32. The highest BCUT2D eigenvalue weighted by molar-refractivity contribution is 5.96. The van der Waals surface area contributed by atoms with Gasteiger partial charge >= 0.3 is 0 Å². The van der Waals surface area contributed by atoms with Gasteiger partial charge in [-0.15, -0.1) is 0 Å². The summed E-state index contributed by atoms with van der Waals surface area (Å²) >= 11 is 0. The predicted molar refractivity (Wildman–Crippen MR) is 92.6 cm³/mol. The molecule has 0 radical (unpaired) electrons. The fraction of sp³-hybridized carbons (Fsp3) is 0. The fourth-order valence-electron chi connectivity index (χ4n) is 2.84. The molecule has 104 valence electrons. The summed E-state index contributed by atoms with van der Waals surface area (Å²) in [4.78, 5) is 4.59. The van der Waals surface area contributed by atoms with Crippen molar-refractivity contribution in [3.05, 3.63) is 91.1 Å². The lowest BCUT2D eigenvalue weighted by Gasteiger charge is -2.08. The first kappa shape index (κ1) is 12.8. The molecule has 0 N–H and O–H groups in total. The normalized spacial score (nSPS) is 10.7. The number of rotatable bonds is 2. The maximum Gasteiger partial charge on any atom is 0.0714 e. The van der Waals surface area contributed by atoms with E-state index in [4.69, 9.17) is 0 Å². The smallest absolute Gasteiger partial charge is 0.0714 e. The first-order valence-electron chi connectivity index (χ1n) is 7.41. The predicted octanol–water partition coefficient (Wildman–Crippen LogP) is 5.57. The van der Waals surface area contributed by atoms with Crippen LogP contribution >= 0.6 is 0 Å². The van der Waals surface area contributed by atoms with Gasteiger partial charge < -0.3 is 0 Å². The van der Waals surface area contributed by atoms with Crippen LogP contribution in [0.2, 0.25) is 0 Å². The molecule has 0 bridgehead atoms. The van der Waals surface area contributed by atoms with Crippen LogP contribution in [0.3, 0.4) is 0 Å². The monoisotopic (exact) mass is 281 g/mol. The minimum Gasteiger partial charge on any atom is -0.256 e. The van der Waals surface area contributed by atoms with E-state index in [0.29, 0.717) is 0 Å². The van der Waals surface area contributed by atoms with Gasteiger partial charge in [-0.05, 0) is 34.0 Å². The second kappa shape index (κ2) is 5.45. The summed E-state index contributed by atoms with van der Waals surface area (Å²) < 4.78 is 0. The van der Waals surface area contributed by atoms with Crippen LogP contribution in [0.15, 0.2) is 91.1 Å². The Kier molecular flexibility index (Phi) is 3.17. The average molecular weight is 281 g/mol. The number of fused-ring (bicyclic) bond motifs is 1. The van der Waals surface area contributed by atoms with E-state index in [-0.39, 0.29) is 0 Å². The van der Waals surface area contributed by atoms with Crippen molar-refractivity contribution in [2.75, 3.05) is 0 Å². The Balaban J connectivity index is 1.89. The van der Waals surface area contributed by atoms with E-state index in [1.807, 2.05) is 12.3 Å². The van der Waals surface area contributed by atoms with Gasteiger partial charge in [-0.2, -0.15) is 0 Å². The van der Waals surface area contributed by atoms with Gasteiger partial charge in [0.1, 0.15) is 0 Å². The Labute approximate surface area is 129 Å². The molecular weight excluding hydrogens is 266 g/mol. The molecule has 0 spiro atoms. The summed E-state index contributed by atoms with van der Waals surface area (Å²) in [7, 11) is 0. The summed E-state index contributed by atoms with van der Waals surface area (Å²) in [5.41, 5.74) is 4.60. The minimum absolute atomic E-state index is 1.01. The summed E-state index contributed by atoms with van der Waals surface area (Å²) in [6.45, 7) is 0. The number of hydrogen-bond acceptors (Lipinski definition) is 1. The zero-order valence-corrected chi connectivity index (χ0v) is 12.1. The van der Waals surface area contributed by atoms with E-state index in [9.17, 15) is 0 Å². The molecule has 0 aliphatic rings. The number of nitrogens with zero attached hydrogens (tertiary/aromatic N) is 1. The molecule has 0 aliphatic heterocycles. The van der Waals surface area contributed by atoms with Gasteiger partial charge in [0.2, 0.25) is 0 Å². The van der Waals surface area contributed by atoms with Crippen LogP contribution in [-0.4, -0.2) is 4.98 Å². The zero-order chi connectivity index (χ0) is 14.8. The van der Waals surface area contributed by atoms with Gasteiger partial charge in [-0.3, -0.25) is 4.98 Å². The molecule has 1 heteroatoms. The molecule has 3 aromatic carbocycles. The van der Waals surface area contributed by atoms with Crippen LogP contribution in [0.25, 0.3) is 33.2 Å². The topological polar surface area (TPSA) is 12.9 Å². The largest absolute Gasteiger partial charge is 0.256 e. The van der Waals surface area contributed by atoms with Crippen molar-refractivity contribution in [1.29, 1.82) is 0 Å². The summed E-state index contributed by atoms with van der Waals surface area (Å²) in [6, 6.07) is 29.4. The van der Waals surface area contributed by atoms with Crippen molar-refractivity contribution >= 4 is 10.8 Å². The number of hydrogen-bond donors (Lipinski definition) is 0. The van der Waals surface area contributed by atoms with E-state index < -0.39 is 0 Å². The van der Waals surface area contributed by atoms with Gasteiger partial charge in [0.05, 0.1) is 5.69 Å². The van der Waals surface area contributed by atoms with E-state index in [1.165, 1.54) is 27.5 Å². The standard InChI is InChI=1S/C21H15N/c1-2-7-16(8-3-1)18-13-14-22-21(15-18)20-12-6-10-17-9-4-5-11-19(17)20/h1-15H. The summed E-state index contributed by atoms with van der Waals surface area (Å²) in [5.74, 6) is 0. The van der Waals surface area contributed by atoms with E-state index in [1.54, 1.807) is 0 Å². The van der Waals surface area contributed by atoms with E-state index in [2.05, 4.69) is 83.8 Å². The molecule has 0 saturated carbocycles. The summed E-state index contributed by atoms with van der Waals surface area (Å²) in [5, 5.41) is 2.48. The lowest BCUT2D eigenvalue weighted by Crippen LogP contribution is -1.87. The quantitative estimate of drug-likeness (QED) is 0.468. The molecule has 1 nitrogen and oxygen atoms in total. The number of benzene rings is 3. The number of pyridine rings is 1. The molecule has 4 aromatic rings.